The van der Waals surface area contributed by atoms with Gasteiger partial charge in [-0.05, 0) is 37.1 Å². The first kappa shape index (κ1) is 20.8. The zero-order valence-corrected chi connectivity index (χ0v) is 16.4. The molecule has 1 saturated heterocycles. The largest absolute Gasteiger partial charge is 0.381 e. The minimum atomic E-state index is -0.444. The molecule has 1 aromatic carbocycles. The molecule has 1 aliphatic rings. The van der Waals surface area contributed by atoms with Crippen molar-refractivity contribution in [3.63, 3.8) is 0 Å². The molecule has 0 radical (unpaired) electrons. The Morgan fingerprint density at radius 3 is 2.57 bits per heavy atom. The van der Waals surface area contributed by atoms with Crippen molar-refractivity contribution in [1.82, 2.24) is 5.32 Å². The molecule has 2 rings (SSSR count). The highest BCUT2D eigenvalue weighted by Crippen LogP contribution is 2.30. The summed E-state index contributed by atoms with van der Waals surface area (Å²) >= 11 is 5.19. The Morgan fingerprint density at radius 2 is 2.00 bits per heavy atom. The molecule has 0 bridgehead atoms. The van der Waals surface area contributed by atoms with E-state index in [2.05, 4.69) is 40.3 Å². The number of carbonyl (C=O) groups is 1. The first-order valence-electron chi connectivity index (χ1n) is 7.54. The number of benzene rings is 1. The lowest BCUT2D eigenvalue weighted by atomic mass is 9.79. The molecule has 0 aliphatic carbocycles. The van der Waals surface area contributed by atoms with Gasteiger partial charge < -0.3 is 15.8 Å². The van der Waals surface area contributed by atoms with Crippen molar-refractivity contribution in [3.8, 4) is 0 Å². The molecule has 0 spiro atoms. The van der Waals surface area contributed by atoms with E-state index in [1.165, 1.54) is 4.90 Å². The zero-order chi connectivity index (χ0) is 16.0. The van der Waals surface area contributed by atoms with Crippen LogP contribution in [0.1, 0.15) is 19.8 Å². The zero-order valence-electron chi connectivity index (χ0n) is 13.2. The predicted octanol–water partition coefficient (Wildman–Crippen LogP) is 3.22. The van der Waals surface area contributed by atoms with E-state index < -0.39 is 5.41 Å². The van der Waals surface area contributed by atoms with Gasteiger partial charge in [0, 0.05) is 40.9 Å². The van der Waals surface area contributed by atoms with Gasteiger partial charge >= 0.3 is 0 Å². The summed E-state index contributed by atoms with van der Waals surface area (Å²) in [6.07, 6.45) is 1.42. The minimum Gasteiger partial charge on any atom is -0.381 e. The van der Waals surface area contributed by atoms with Gasteiger partial charge in [0.1, 0.15) is 0 Å². The summed E-state index contributed by atoms with van der Waals surface area (Å²) in [6, 6.07) is 8.21. The van der Waals surface area contributed by atoms with Gasteiger partial charge in [0.2, 0.25) is 5.91 Å². The predicted molar refractivity (Wildman–Crippen MR) is 101 cm³/mol. The molecule has 0 saturated carbocycles. The number of carbonyl (C=O) groups excluding carboxylic acids is 1. The molecule has 1 fully saturated rings. The number of rotatable bonds is 6. The fourth-order valence-electron chi connectivity index (χ4n) is 2.50. The molecular weight excluding hydrogens is 400 g/mol. The van der Waals surface area contributed by atoms with E-state index in [9.17, 15) is 4.79 Å². The number of ether oxygens (including phenoxy) is 1. The fourth-order valence-corrected chi connectivity index (χ4v) is 3.69. The second-order valence-corrected chi connectivity index (χ2v) is 8.12. The smallest absolute Gasteiger partial charge is 0.227 e. The average Bonchev–Trinajstić information content (AvgIpc) is 2.55. The fraction of sp³-hybridized carbons (Fsp3) is 0.562. The summed E-state index contributed by atoms with van der Waals surface area (Å²) < 4.78 is 6.42. The van der Waals surface area contributed by atoms with Gasteiger partial charge in [-0.1, -0.05) is 22.9 Å². The van der Waals surface area contributed by atoms with Gasteiger partial charge in [-0.15, -0.1) is 24.2 Å². The van der Waals surface area contributed by atoms with Crippen LogP contribution in [0.25, 0.3) is 0 Å². The van der Waals surface area contributed by atoms with E-state index in [1.54, 1.807) is 11.8 Å². The third-order valence-corrected chi connectivity index (χ3v) is 5.67. The van der Waals surface area contributed by atoms with Crippen LogP contribution in [-0.4, -0.2) is 37.5 Å². The van der Waals surface area contributed by atoms with E-state index >= 15 is 0 Å². The molecule has 3 N–H and O–H groups in total. The topological polar surface area (TPSA) is 64.4 Å². The summed E-state index contributed by atoms with van der Waals surface area (Å²) in [5.41, 5.74) is 5.41. The quantitative estimate of drug-likeness (QED) is 0.690. The number of hydrogen-bond acceptors (Lipinski definition) is 4. The van der Waals surface area contributed by atoms with Gasteiger partial charge in [0.05, 0.1) is 5.41 Å². The highest BCUT2D eigenvalue weighted by molar-refractivity contribution is 9.10. The SMILES string of the molecule is CC(CNC(=O)C1(CN)CCOCC1)Sc1ccc(Br)cc1.Cl. The highest BCUT2D eigenvalue weighted by Gasteiger charge is 2.38. The monoisotopic (exact) mass is 422 g/mol. The van der Waals surface area contributed by atoms with Crippen molar-refractivity contribution >= 4 is 46.0 Å². The van der Waals surface area contributed by atoms with Crippen LogP contribution in [0.2, 0.25) is 0 Å². The minimum absolute atomic E-state index is 0. The van der Waals surface area contributed by atoms with E-state index in [4.69, 9.17) is 10.5 Å². The Bertz CT molecular complexity index is 495. The number of amides is 1. The maximum absolute atomic E-state index is 12.5. The Kier molecular flexibility index (Phi) is 8.93. The van der Waals surface area contributed by atoms with Crippen molar-refractivity contribution in [3.05, 3.63) is 28.7 Å². The lowest BCUT2D eigenvalue weighted by molar-refractivity contribution is -0.135. The van der Waals surface area contributed by atoms with Crippen LogP contribution in [-0.2, 0) is 9.53 Å². The lowest BCUT2D eigenvalue weighted by Crippen LogP contribution is -2.50. The van der Waals surface area contributed by atoms with Gasteiger partial charge in [0.15, 0.2) is 0 Å². The summed E-state index contributed by atoms with van der Waals surface area (Å²) in [5, 5.41) is 3.38. The third kappa shape index (κ3) is 5.94. The Morgan fingerprint density at radius 1 is 1.39 bits per heavy atom. The number of nitrogens with one attached hydrogen (secondary N) is 1. The average molecular weight is 424 g/mol. The molecule has 1 aromatic rings. The summed E-state index contributed by atoms with van der Waals surface area (Å²) in [4.78, 5) is 13.7. The summed E-state index contributed by atoms with van der Waals surface area (Å²) in [6.45, 7) is 4.38. The third-order valence-electron chi connectivity index (χ3n) is 4.02. The van der Waals surface area contributed by atoms with E-state index in [-0.39, 0.29) is 18.3 Å². The maximum atomic E-state index is 12.5. The van der Waals surface area contributed by atoms with Gasteiger partial charge in [-0.3, -0.25) is 4.79 Å². The van der Waals surface area contributed by atoms with Crippen LogP contribution in [0.4, 0.5) is 0 Å². The Hall–Kier alpha value is -0.270. The van der Waals surface area contributed by atoms with E-state index in [0.717, 1.165) is 4.47 Å². The van der Waals surface area contributed by atoms with Crippen LogP contribution >= 0.6 is 40.1 Å². The van der Waals surface area contributed by atoms with Crippen LogP contribution in [0, 0.1) is 5.41 Å². The molecule has 1 heterocycles. The van der Waals surface area contributed by atoms with E-state index in [1.807, 2.05) is 12.1 Å². The van der Waals surface area contributed by atoms with Gasteiger partial charge in [-0.25, -0.2) is 0 Å². The van der Waals surface area contributed by atoms with Crippen LogP contribution in [0.5, 0.6) is 0 Å². The molecule has 130 valence electrons. The molecule has 1 atom stereocenters. The summed E-state index contributed by atoms with van der Waals surface area (Å²) in [7, 11) is 0. The van der Waals surface area contributed by atoms with Gasteiger partial charge in [-0.2, -0.15) is 0 Å². The molecular formula is C16H24BrClN2O2S. The molecule has 7 heteroatoms. The van der Waals surface area contributed by atoms with Crippen molar-refractivity contribution in [2.75, 3.05) is 26.3 Å². The molecule has 0 aromatic heterocycles. The van der Waals surface area contributed by atoms with Crippen LogP contribution < -0.4 is 11.1 Å². The van der Waals surface area contributed by atoms with Crippen LogP contribution in [0.3, 0.4) is 0 Å². The van der Waals surface area contributed by atoms with Crippen molar-refractivity contribution in [2.24, 2.45) is 11.1 Å². The second kappa shape index (κ2) is 9.89. The number of hydrogen-bond donors (Lipinski definition) is 2. The lowest BCUT2D eigenvalue weighted by Gasteiger charge is -2.34. The second-order valence-electron chi connectivity index (χ2n) is 5.69. The number of nitrogens with two attached hydrogens (primary N) is 1. The van der Waals surface area contributed by atoms with Crippen LogP contribution in [0.15, 0.2) is 33.6 Å². The van der Waals surface area contributed by atoms with Gasteiger partial charge in [0.25, 0.3) is 0 Å². The normalized spacial score (nSPS) is 17.9. The number of halogens is 2. The maximum Gasteiger partial charge on any atom is 0.227 e. The number of thioether (sulfide) groups is 1. The van der Waals surface area contributed by atoms with Crippen molar-refractivity contribution in [2.45, 2.75) is 29.9 Å². The summed E-state index contributed by atoms with van der Waals surface area (Å²) in [5.74, 6) is 0.0709. The standard InChI is InChI=1S/C16H23BrN2O2S.ClH/c1-12(22-14-4-2-13(17)3-5-14)10-19-15(20)16(11-18)6-8-21-9-7-16;/h2-5,12H,6-11,18H2,1H3,(H,19,20);1H. The van der Waals surface area contributed by atoms with Crippen molar-refractivity contribution < 1.29 is 9.53 Å². The Balaban J connectivity index is 0.00000264. The molecule has 1 aliphatic heterocycles. The molecule has 1 amide bonds. The molecule has 23 heavy (non-hydrogen) atoms. The molecule has 1 unspecified atom stereocenters. The Labute approximate surface area is 156 Å². The first-order chi connectivity index (χ1) is 10.6. The molecule has 4 nitrogen and oxygen atoms in total. The highest BCUT2D eigenvalue weighted by atomic mass is 79.9. The van der Waals surface area contributed by atoms with E-state index in [0.29, 0.717) is 44.4 Å². The first-order valence-corrected chi connectivity index (χ1v) is 9.21. The van der Waals surface area contributed by atoms with Crippen molar-refractivity contribution in [1.29, 1.82) is 0 Å².